The highest BCUT2D eigenvalue weighted by Crippen LogP contribution is 2.14. The summed E-state index contributed by atoms with van der Waals surface area (Å²) in [4.78, 5) is 24.0. The van der Waals surface area contributed by atoms with E-state index in [1.54, 1.807) is 0 Å². The molecule has 0 aliphatic rings. The van der Waals surface area contributed by atoms with Crippen LogP contribution in [0.2, 0.25) is 0 Å². The van der Waals surface area contributed by atoms with Crippen molar-refractivity contribution in [3.05, 3.63) is 29.3 Å². The van der Waals surface area contributed by atoms with Crippen LogP contribution in [0, 0.1) is 13.8 Å². The minimum Gasteiger partial charge on any atom is -0.480 e. The van der Waals surface area contributed by atoms with E-state index in [0.717, 1.165) is 11.1 Å². The lowest BCUT2D eigenvalue weighted by molar-refractivity contribution is -0.137. The van der Waals surface area contributed by atoms with E-state index in [4.69, 9.17) is 9.84 Å². The molecule has 0 heterocycles. The summed E-state index contributed by atoms with van der Waals surface area (Å²) in [6.07, 6.45) is 0. The molecule has 6 nitrogen and oxygen atoms in total. The molecule has 0 radical (unpaired) electrons. The number of rotatable bonds is 6. The lowest BCUT2D eigenvalue weighted by Gasteiger charge is -2.21. The molecule has 1 aromatic carbocycles. The number of carboxylic acids is 1. The first-order valence-corrected chi connectivity index (χ1v) is 6.27. The maximum Gasteiger partial charge on any atom is 0.323 e. The maximum atomic E-state index is 12.1. The first-order valence-electron chi connectivity index (χ1n) is 6.27. The second kappa shape index (κ2) is 7.49. The van der Waals surface area contributed by atoms with E-state index < -0.39 is 12.0 Å². The Morgan fingerprint density at radius 2 is 1.85 bits per heavy atom. The average molecular weight is 280 g/mol. The van der Waals surface area contributed by atoms with Crippen molar-refractivity contribution < 1.29 is 19.4 Å². The first-order chi connectivity index (χ1) is 9.42. The van der Waals surface area contributed by atoms with Crippen molar-refractivity contribution in [1.29, 1.82) is 0 Å². The largest absolute Gasteiger partial charge is 0.480 e. The monoisotopic (exact) mass is 280 g/mol. The quantitative estimate of drug-likeness (QED) is 0.833. The molecule has 0 aliphatic heterocycles. The Bertz CT molecular complexity index is 468. The maximum absolute atomic E-state index is 12.1. The van der Waals surface area contributed by atoms with Crippen LogP contribution >= 0.6 is 0 Å². The minimum absolute atomic E-state index is 0.222. The van der Waals surface area contributed by atoms with Gasteiger partial charge in [0.05, 0.1) is 6.61 Å². The zero-order valence-corrected chi connectivity index (χ0v) is 12.0. The van der Waals surface area contributed by atoms with Crippen molar-refractivity contribution >= 4 is 17.7 Å². The van der Waals surface area contributed by atoms with Gasteiger partial charge >= 0.3 is 12.0 Å². The number of hydrogen-bond donors (Lipinski definition) is 2. The summed E-state index contributed by atoms with van der Waals surface area (Å²) in [6, 6.07) is 5.21. The van der Waals surface area contributed by atoms with Crippen molar-refractivity contribution in [1.82, 2.24) is 4.90 Å². The van der Waals surface area contributed by atoms with Gasteiger partial charge in [-0.15, -0.1) is 0 Å². The number of amides is 2. The molecule has 20 heavy (non-hydrogen) atoms. The van der Waals surface area contributed by atoms with Crippen LogP contribution in [-0.2, 0) is 9.53 Å². The zero-order chi connectivity index (χ0) is 15.1. The lowest BCUT2D eigenvalue weighted by Crippen LogP contribution is -2.40. The van der Waals surface area contributed by atoms with Gasteiger partial charge in [-0.25, -0.2) is 4.79 Å². The Morgan fingerprint density at radius 3 is 2.35 bits per heavy atom. The highest BCUT2D eigenvalue weighted by molar-refractivity contribution is 5.91. The van der Waals surface area contributed by atoms with Crippen LogP contribution in [0.4, 0.5) is 10.5 Å². The van der Waals surface area contributed by atoms with E-state index in [2.05, 4.69) is 5.32 Å². The van der Waals surface area contributed by atoms with E-state index in [9.17, 15) is 9.59 Å². The molecule has 0 atom stereocenters. The number of hydrogen-bond acceptors (Lipinski definition) is 3. The Labute approximate surface area is 118 Å². The highest BCUT2D eigenvalue weighted by atomic mass is 16.5. The number of ether oxygens (including phenoxy) is 1. The summed E-state index contributed by atoms with van der Waals surface area (Å²) >= 11 is 0. The Morgan fingerprint density at radius 1 is 1.25 bits per heavy atom. The van der Waals surface area contributed by atoms with E-state index in [-0.39, 0.29) is 19.7 Å². The first kappa shape index (κ1) is 16.0. The highest BCUT2D eigenvalue weighted by Gasteiger charge is 2.16. The third-order valence-corrected chi connectivity index (χ3v) is 2.65. The molecule has 0 saturated heterocycles. The number of carboxylic acid groups (broad SMARTS) is 1. The van der Waals surface area contributed by atoms with Crippen molar-refractivity contribution in [3.63, 3.8) is 0 Å². The standard InChI is InChI=1S/C14H20N2O4/c1-10-6-11(2)8-12(7-10)15-14(19)16(4-5-20-3)9-13(17)18/h6-8H,4-5,9H2,1-3H3,(H,15,19)(H,17,18). The SMILES string of the molecule is COCCN(CC(=O)O)C(=O)Nc1cc(C)cc(C)c1. The Hall–Kier alpha value is -2.08. The number of aliphatic carboxylic acids is 1. The number of nitrogens with one attached hydrogen (secondary N) is 1. The lowest BCUT2D eigenvalue weighted by atomic mass is 10.1. The van der Waals surface area contributed by atoms with Gasteiger partial charge in [-0.3, -0.25) is 4.79 Å². The second-order valence-electron chi connectivity index (χ2n) is 4.61. The number of aryl methyl sites for hydroxylation is 2. The number of methoxy groups -OCH3 is 1. The Balaban J connectivity index is 2.75. The van der Waals surface area contributed by atoms with E-state index >= 15 is 0 Å². The van der Waals surface area contributed by atoms with Gasteiger partial charge < -0.3 is 20.1 Å². The molecule has 0 spiro atoms. The minimum atomic E-state index is -1.06. The molecule has 2 N–H and O–H groups in total. The van der Waals surface area contributed by atoms with Gasteiger partial charge in [-0.2, -0.15) is 0 Å². The third kappa shape index (κ3) is 5.27. The molecule has 0 bridgehead atoms. The van der Waals surface area contributed by atoms with Gasteiger partial charge in [0.15, 0.2) is 0 Å². The van der Waals surface area contributed by atoms with Gasteiger partial charge in [0.2, 0.25) is 0 Å². The van der Waals surface area contributed by atoms with Gasteiger partial charge in [-0.05, 0) is 37.1 Å². The molecule has 0 fully saturated rings. The summed E-state index contributed by atoms with van der Waals surface area (Å²) in [7, 11) is 1.50. The molecule has 6 heteroatoms. The van der Waals surface area contributed by atoms with E-state index in [1.165, 1.54) is 12.0 Å². The summed E-state index contributed by atoms with van der Waals surface area (Å²) in [6.45, 7) is 4.01. The van der Waals surface area contributed by atoms with Crippen LogP contribution in [0.15, 0.2) is 18.2 Å². The van der Waals surface area contributed by atoms with Crippen molar-refractivity contribution in [3.8, 4) is 0 Å². The summed E-state index contributed by atoms with van der Waals surface area (Å²) < 4.78 is 4.88. The molecular formula is C14H20N2O4. The third-order valence-electron chi connectivity index (χ3n) is 2.65. The van der Waals surface area contributed by atoms with Crippen molar-refractivity contribution in [2.75, 3.05) is 32.1 Å². The molecule has 1 aromatic rings. The van der Waals surface area contributed by atoms with Crippen LogP contribution in [0.3, 0.4) is 0 Å². The molecule has 0 aliphatic carbocycles. The molecule has 0 unspecified atom stereocenters. The van der Waals surface area contributed by atoms with Crippen LogP contribution in [0.5, 0.6) is 0 Å². The smallest absolute Gasteiger partial charge is 0.323 e. The van der Waals surface area contributed by atoms with Gasteiger partial charge in [0.25, 0.3) is 0 Å². The fourth-order valence-electron chi connectivity index (χ4n) is 1.87. The summed E-state index contributed by atoms with van der Waals surface area (Å²) in [5, 5.41) is 11.5. The Kier molecular flexibility index (Phi) is 5.99. The predicted octanol–water partition coefficient (Wildman–Crippen LogP) is 1.87. The number of urea groups is 1. The van der Waals surface area contributed by atoms with E-state index in [0.29, 0.717) is 5.69 Å². The normalized spacial score (nSPS) is 10.2. The van der Waals surface area contributed by atoms with Crippen LogP contribution in [0.1, 0.15) is 11.1 Å². The topological polar surface area (TPSA) is 78.9 Å². The molecule has 1 rings (SSSR count). The number of benzene rings is 1. The van der Waals surface area contributed by atoms with Gasteiger partial charge in [0.1, 0.15) is 6.54 Å². The summed E-state index contributed by atoms with van der Waals surface area (Å²) in [5.41, 5.74) is 2.71. The number of carbonyl (C=O) groups excluding carboxylic acids is 1. The van der Waals surface area contributed by atoms with Crippen LogP contribution in [-0.4, -0.2) is 48.8 Å². The van der Waals surface area contributed by atoms with Gasteiger partial charge in [-0.1, -0.05) is 6.07 Å². The van der Waals surface area contributed by atoms with Crippen molar-refractivity contribution in [2.24, 2.45) is 0 Å². The van der Waals surface area contributed by atoms with E-state index in [1.807, 2.05) is 32.0 Å². The van der Waals surface area contributed by atoms with Crippen LogP contribution < -0.4 is 5.32 Å². The number of anilines is 1. The molecule has 2 amide bonds. The number of carbonyl (C=O) groups is 2. The molecular weight excluding hydrogens is 260 g/mol. The second-order valence-corrected chi connectivity index (χ2v) is 4.61. The summed E-state index contributed by atoms with van der Waals surface area (Å²) in [5.74, 6) is -1.06. The molecule has 0 saturated carbocycles. The average Bonchev–Trinajstić information content (AvgIpc) is 2.32. The molecule has 0 aromatic heterocycles. The van der Waals surface area contributed by atoms with Crippen LogP contribution in [0.25, 0.3) is 0 Å². The van der Waals surface area contributed by atoms with Crippen molar-refractivity contribution in [2.45, 2.75) is 13.8 Å². The fourth-order valence-corrected chi connectivity index (χ4v) is 1.87. The number of nitrogens with zero attached hydrogens (tertiary/aromatic N) is 1. The predicted molar refractivity (Wildman–Crippen MR) is 76.0 cm³/mol. The van der Waals surface area contributed by atoms with Gasteiger partial charge in [0, 0.05) is 19.3 Å². The fraction of sp³-hybridized carbons (Fsp3) is 0.429. The molecule has 110 valence electrons. The zero-order valence-electron chi connectivity index (χ0n) is 12.0.